The molecule has 3 saturated carbocycles. The Morgan fingerprint density at radius 3 is 2.24 bits per heavy atom. The van der Waals surface area contributed by atoms with Crippen molar-refractivity contribution in [3.8, 4) is 0 Å². The van der Waals surface area contributed by atoms with E-state index in [2.05, 4.69) is 30.0 Å². The number of fused-ring (bicyclic) bond motifs is 4. The summed E-state index contributed by atoms with van der Waals surface area (Å²) in [5.41, 5.74) is 1.65. The Morgan fingerprint density at radius 2 is 1.54 bits per heavy atom. The standard InChI is InChI=1S/C29H43N7O/c37-27-25-18-21-19-30-28(33-26(21)36(25)29(20-31-27)12-4-1-5-13-29)32-22-8-10-24(11-9-22)35-16-14-34(15-17-35)23-6-2-3-7-23/h18-19,22-24H,1-17,20H2,(H,31,37)(H,30,32,33). The maximum Gasteiger partial charge on any atom is 0.268 e. The van der Waals surface area contributed by atoms with Crippen molar-refractivity contribution in [2.24, 2.45) is 0 Å². The molecule has 0 aromatic carbocycles. The fraction of sp³-hybridized carbons (Fsp3) is 0.759. The van der Waals surface area contributed by atoms with Crippen LogP contribution in [-0.4, -0.2) is 81.1 Å². The molecule has 4 fully saturated rings. The average molecular weight is 506 g/mol. The summed E-state index contributed by atoms with van der Waals surface area (Å²) in [6.45, 7) is 5.73. The van der Waals surface area contributed by atoms with Gasteiger partial charge < -0.3 is 15.2 Å². The normalized spacial score (nSPS) is 29.5. The second kappa shape index (κ2) is 9.84. The molecule has 1 amide bonds. The predicted octanol–water partition coefficient (Wildman–Crippen LogP) is 4.12. The molecule has 2 aliphatic heterocycles. The summed E-state index contributed by atoms with van der Waals surface area (Å²) in [5.74, 6) is 0.741. The molecule has 8 nitrogen and oxygen atoms in total. The second-order valence-electron chi connectivity index (χ2n) is 12.5. The van der Waals surface area contributed by atoms with Crippen LogP contribution >= 0.6 is 0 Å². The van der Waals surface area contributed by atoms with Crippen molar-refractivity contribution < 1.29 is 4.79 Å². The number of anilines is 1. The van der Waals surface area contributed by atoms with E-state index in [1.807, 2.05) is 12.3 Å². The fourth-order valence-corrected chi connectivity index (χ4v) is 8.24. The summed E-state index contributed by atoms with van der Waals surface area (Å²) in [6.07, 6.45) is 18.4. The lowest BCUT2D eigenvalue weighted by molar-refractivity contribution is 0.0567. The van der Waals surface area contributed by atoms with Crippen LogP contribution in [0.5, 0.6) is 0 Å². The van der Waals surface area contributed by atoms with Gasteiger partial charge in [0.25, 0.3) is 5.91 Å². The zero-order chi connectivity index (χ0) is 24.8. The van der Waals surface area contributed by atoms with Crippen molar-refractivity contribution in [1.29, 1.82) is 0 Å². The highest BCUT2D eigenvalue weighted by Crippen LogP contribution is 2.40. The molecule has 0 radical (unpaired) electrons. The number of nitrogens with one attached hydrogen (secondary N) is 2. The summed E-state index contributed by atoms with van der Waals surface area (Å²) in [5, 5.41) is 7.81. The van der Waals surface area contributed by atoms with Gasteiger partial charge in [-0.05, 0) is 57.4 Å². The van der Waals surface area contributed by atoms with Crippen LogP contribution in [0, 0.1) is 0 Å². The van der Waals surface area contributed by atoms with Gasteiger partial charge in [0, 0.05) is 62.4 Å². The molecule has 0 atom stereocenters. The van der Waals surface area contributed by atoms with E-state index in [-0.39, 0.29) is 11.4 Å². The lowest BCUT2D eigenvalue weighted by atomic mass is 9.80. The zero-order valence-corrected chi connectivity index (χ0v) is 22.3. The van der Waals surface area contributed by atoms with Gasteiger partial charge in [-0.3, -0.25) is 14.6 Å². The Bertz CT molecular complexity index is 1120. The molecule has 8 heteroatoms. The number of nitrogens with zero attached hydrogens (tertiary/aromatic N) is 5. The Labute approximate surface area is 220 Å². The highest BCUT2D eigenvalue weighted by atomic mass is 16.2. The molecule has 200 valence electrons. The van der Waals surface area contributed by atoms with Crippen LogP contribution in [0.1, 0.15) is 94.0 Å². The van der Waals surface area contributed by atoms with E-state index in [4.69, 9.17) is 4.98 Å². The van der Waals surface area contributed by atoms with Gasteiger partial charge in [0.15, 0.2) is 0 Å². The number of carbonyl (C=O) groups is 1. The van der Waals surface area contributed by atoms with Gasteiger partial charge in [-0.1, -0.05) is 32.1 Å². The highest BCUT2D eigenvalue weighted by molar-refractivity contribution is 5.99. The number of hydrogen-bond acceptors (Lipinski definition) is 6. The molecular weight excluding hydrogens is 462 g/mol. The molecule has 37 heavy (non-hydrogen) atoms. The lowest BCUT2D eigenvalue weighted by Gasteiger charge is -2.43. The van der Waals surface area contributed by atoms with Gasteiger partial charge in [-0.15, -0.1) is 0 Å². The van der Waals surface area contributed by atoms with E-state index in [0.29, 0.717) is 12.6 Å². The molecule has 7 rings (SSSR count). The predicted molar refractivity (Wildman–Crippen MR) is 146 cm³/mol. The number of rotatable bonds is 4. The largest absolute Gasteiger partial charge is 0.351 e. The van der Waals surface area contributed by atoms with E-state index in [0.717, 1.165) is 47.6 Å². The second-order valence-corrected chi connectivity index (χ2v) is 12.5. The van der Waals surface area contributed by atoms with Crippen molar-refractivity contribution in [2.75, 3.05) is 38.0 Å². The highest BCUT2D eigenvalue weighted by Gasteiger charge is 2.41. The van der Waals surface area contributed by atoms with E-state index in [1.54, 1.807) is 0 Å². The summed E-state index contributed by atoms with van der Waals surface area (Å²) in [4.78, 5) is 28.0. The molecule has 4 heterocycles. The molecule has 1 saturated heterocycles. The van der Waals surface area contributed by atoms with Crippen LogP contribution in [0.4, 0.5) is 5.95 Å². The maximum atomic E-state index is 12.7. The van der Waals surface area contributed by atoms with Crippen molar-refractivity contribution in [2.45, 2.75) is 107 Å². The topological polar surface area (TPSA) is 78.3 Å². The summed E-state index contributed by atoms with van der Waals surface area (Å²) >= 11 is 0. The first-order valence-electron chi connectivity index (χ1n) is 15.1. The Kier molecular flexibility index (Phi) is 6.36. The van der Waals surface area contributed by atoms with E-state index in [1.165, 1.54) is 96.8 Å². The molecule has 5 aliphatic rings. The zero-order valence-electron chi connectivity index (χ0n) is 22.3. The van der Waals surface area contributed by atoms with Crippen molar-refractivity contribution in [1.82, 2.24) is 29.7 Å². The first-order chi connectivity index (χ1) is 18.2. The molecule has 1 spiro atoms. The van der Waals surface area contributed by atoms with E-state index >= 15 is 0 Å². The number of carbonyl (C=O) groups excluding carboxylic acids is 1. The summed E-state index contributed by atoms with van der Waals surface area (Å²) in [7, 11) is 0. The molecule has 3 aliphatic carbocycles. The van der Waals surface area contributed by atoms with Crippen LogP contribution < -0.4 is 10.6 Å². The first-order valence-corrected chi connectivity index (χ1v) is 15.1. The SMILES string of the molecule is O=C1NCC2(CCCCC2)n2c1cc1cnc(NC3CCC(N4CCN(C5CCCC5)CC4)CC3)nc12. The monoisotopic (exact) mass is 505 g/mol. The summed E-state index contributed by atoms with van der Waals surface area (Å²) in [6, 6.07) is 4.01. The number of piperazine rings is 1. The van der Waals surface area contributed by atoms with E-state index < -0.39 is 0 Å². The van der Waals surface area contributed by atoms with Gasteiger partial charge in [-0.2, -0.15) is 4.98 Å². The van der Waals surface area contributed by atoms with Crippen LogP contribution in [0.2, 0.25) is 0 Å². The molecule has 0 bridgehead atoms. The quantitative estimate of drug-likeness (QED) is 0.651. The minimum absolute atomic E-state index is 0.0195. The van der Waals surface area contributed by atoms with Crippen molar-refractivity contribution >= 4 is 22.9 Å². The number of amides is 1. The van der Waals surface area contributed by atoms with Crippen molar-refractivity contribution in [3.63, 3.8) is 0 Å². The molecule has 2 aromatic rings. The molecule has 2 aromatic heterocycles. The number of hydrogen-bond donors (Lipinski definition) is 2. The first kappa shape index (κ1) is 23.9. The minimum Gasteiger partial charge on any atom is -0.351 e. The van der Waals surface area contributed by atoms with Crippen LogP contribution in [0.25, 0.3) is 11.0 Å². The van der Waals surface area contributed by atoms with E-state index in [9.17, 15) is 4.79 Å². The summed E-state index contributed by atoms with van der Waals surface area (Å²) < 4.78 is 2.27. The molecule has 2 N–H and O–H groups in total. The fourth-order valence-electron chi connectivity index (χ4n) is 8.24. The Morgan fingerprint density at radius 1 is 0.865 bits per heavy atom. The third kappa shape index (κ3) is 4.44. The Balaban J connectivity index is 1.00. The van der Waals surface area contributed by atoms with Gasteiger partial charge in [-0.25, -0.2) is 4.98 Å². The van der Waals surface area contributed by atoms with Crippen LogP contribution in [-0.2, 0) is 5.54 Å². The van der Waals surface area contributed by atoms with Crippen LogP contribution in [0.15, 0.2) is 12.3 Å². The third-order valence-electron chi connectivity index (χ3n) is 10.3. The lowest BCUT2D eigenvalue weighted by Crippen LogP contribution is -2.53. The third-order valence-corrected chi connectivity index (χ3v) is 10.3. The molecule has 0 unspecified atom stereocenters. The van der Waals surface area contributed by atoms with Crippen molar-refractivity contribution in [3.05, 3.63) is 18.0 Å². The van der Waals surface area contributed by atoms with Gasteiger partial charge >= 0.3 is 0 Å². The Hall–Kier alpha value is -2.19. The number of aromatic nitrogens is 3. The van der Waals surface area contributed by atoms with Crippen LogP contribution in [0.3, 0.4) is 0 Å². The molecular formula is C29H43N7O. The average Bonchev–Trinajstić information content (AvgIpc) is 3.62. The van der Waals surface area contributed by atoms with Gasteiger partial charge in [0.1, 0.15) is 11.3 Å². The smallest absolute Gasteiger partial charge is 0.268 e. The minimum atomic E-state index is -0.0330. The maximum absolute atomic E-state index is 12.7. The van der Waals surface area contributed by atoms with Gasteiger partial charge in [0.2, 0.25) is 5.95 Å². The van der Waals surface area contributed by atoms with Gasteiger partial charge in [0.05, 0.1) is 5.54 Å².